The maximum absolute atomic E-state index is 11.1. The summed E-state index contributed by atoms with van der Waals surface area (Å²) < 4.78 is 35.9. The Kier molecular flexibility index (Phi) is 4.30. The van der Waals surface area contributed by atoms with Crippen LogP contribution in [0.1, 0.15) is 0 Å². The third-order valence-electron chi connectivity index (χ3n) is 1.68. The summed E-state index contributed by atoms with van der Waals surface area (Å²) in [5, 5.41) is 0. The van der Waals surface area contributed by atoms with Crippen molar-refractivity contribution >= 4 is 22.4 Å². The van der Waals surface area contributed by atoms with E-state index in [1.54, 1.807) is 0 Å². The van der Waals surface area contributed by atoms with E-state index in [1.807, 2.05) is 0 Å². The molecule has 0 radical (unpaired) electrons. The number of anilines is 1. The number of ether oxygens (including phenoxy) is 1. The number of methoxy groups -OCH3 is 1. The zero-order valence-corrected chi connectivity index (χ0v) is 9.77. The number of benzene rings is 1. The van der Waals surface area contributed by atoms with E-state index in [0.717, 1.165) is 0 Å². The fraction of sp³-hybridized carbons (Fsp3) is 0.222. The molecule has 0 unspecified atom stereocenters. The zero-order chi connectivity index (χ0) is 12.9. The molecule has 8 heteroatoms. The molecule has 1 aromatic carbocycles. The number of hydrogen-bond acceptors (Lipinski definition) is 7. The molecule has 0 aliphatic carbocycles. The SMILES string of the molecule is COc1ccc(OS(=O)(=O)OCC=O)cc1N. The minimum Gasteiger partial charge on any atom is -0.495 e. The minimum absolute atomic E-state index is 0.0331. The van der Waals surface area contributed by atoms with E-state index in [-0.39, 0.29) is 11.4 Å². The molecule has 94 valence electrons. The van der Waals surface area contributed by atoms with Crippen LogP contribution in [-0.2, 0) is 19.4 Å². The molecule has 0 aliphatic rings. The first-order valence-corrected chi connectivity index (χ1v) is 5.78. The monoisotopic (exact) mass is 261 g/mol. The van der Waals surface area contributed by atoms with E-state index >= 15 is 0 Å². The average molecular weight is 261 g/mol. The molecule has 0 aliphatic heterocycles. The Morgan fingerprint density at radius 3 is 2.65 bits per heavy atom. The topological polar surface area (TPSA) is 105 Å². The second-order valence-electron chi connectivity index (χ2n) is 2.85. The van der Waals surface area contributed by atoms with E-state index in [4.69, 9.17) is 10.5 Å². The second kappa shape index (κ2) is 5.51. The van der Waals surface area contributed by atoms with Crippen molar-refractivity contribution in [1.29, 1.82) is 0 Å². The van der Waals surface area contributed by atoms with Crippen molar-refractivity contribution in [2.24, 2.45) is 0 Å². The van der Waals surface area contributed by atoms with Gasteiger partial charge in [-0.05, 0) is 12.1 Å². The largest absolute Gasteiger partial charge is 0.495 e. The number of carbonyl (C=O) groups is 1. The molecule has 0 aromatic heterocycles. The van der Waals surface area contributed by atoms with Gasteiger partial charge in [-0.3, -0.25) is 0 Å². The molecule has 0 heterocycles. The quantitative estimate of drug-likeness (QED) is 0.572. The van der Waals surface area contributed by atoms with Crippen molar-refractivity contribution in [2.75, 3.05) is 19.5 Å². The molecule has 0 atom stereocenters. The fourth-order valence-corrected chi connectivity index (χ4v) is 1.63. The Balaban J connectivity index is 2.82. The highest BCUT2D eigenvalue weighted by atomic mass is 32.3. The van der Waals surface area contributed by atoms with Crippen LogP contribution in [0.3, 0.4) is 0 Å². The first-order chi connectivity index (χ1) is 7.98. The van der Waals surface area contributed by atoms with E-state index in [1.165, 1.54) is 25.3 Å². The Morgan fingerprint density at radius 1 is 1.41 bits per heavy atom. The van der Waals surface area contributed by atoms with Crippen LogP contribution in [0, 0.1) is 0 Å². The third kappa shape index (κ3) is 3.93. The summed E-state index contributed by atoms with van der Waals surface area (Å²) in [5.74, 6) is 0.359. The summed E-state index contributed by atoms with van der Waals surface area (Å²) in [6.45, 7) is -0.603. The van der Waals surface area contributed by atoms with Crippen LogP contribution >= 0.6 is 0 Å². The summed E-state index contributed by atoms with van der Waals surface area (Å²) in [4.78, 5) is 9.96. The van der Waals surface area contributed by atoms with E-state index < -0.39 is 17.0 Å². The van der Waals surface area contributed by atoms with Crippen LogP contribution < -0.4 is 14.7 Å². The molecule has 0 saturated carbocycles. The molecular weight excluding hydrogens is 250 g/mol. The van der Waals surface area contributed by atoms with Gasteiger partial charge in [0, 0.05) is 6.07 Å². The first-order valence-electron chi connectivity index (χ1n) is 4.44. The van der Waals surface area contributed by atoms with Gasteiger partial charge in [0.1, 0.15) is 24.4 Å². The van der Waals surface area contributed by atoms with Crippen LogP contribution in [0.4, 0.5) is 5.69 Å². The zero-order valence-electron chi connectivity index (χ0n) is 8.95. The summed E-state index contributed by atoms with van der Waals surface area (Å²) in [7, 11) is -2.83. The van der Waals surface area contributed by atoms with Crippen molar-refractivity contribution in [1.82, 2.24) is 0 Å². The van der Waals surface area contributed by atoms with Gasteiger partial charge in [-0.25, -0.2) is 4.18 Å². The van der Waals surface area contributed by atoms with Crippen LogP contribution in [0.15, 0.2) is 18.2 Å². The maximum atomic E-state index is 11.1. The number of aldehydes is 1. The lowest BCUT2D eigenvalue weighted by atomic mass is 10.3. The smallest absolute Gasteiger partial charge is 0.449 e. The lowest BCUT2D eigenvalue weighted by molar-refractivity contribution is -0.109. The molecule has 0 saturated heterocycles. The van der Waals surface area contributed by atoms with Crippen LogP contribution in [-0.4, -0.2) is 28.4 Å². The number of nitrogens with two attached hydrogens (primary N) is 1. The standard InChI is InChI=1S/C9H11NO6S/c1-14-9-3-2-7(6-8(9)10)16-17(12,13)15-5-4-11/h2-4,6H,5,10H2,1H3. The second-order valence-corrected chi connectivity index (χ2v) is 4.07. The van der Waals surface area contributed by atoms with Crippen LogP contribution in [0.2, 0.25) is 0 Å². The highest BCUT2D eigenvalue weighted by molar-refractivity contribution is 7.82. The lowest BCUT2D eigenvalue weighted by Crippen LogP contribution is -2.14. The molecule has 0 fully saturated rings. The molecule has 0 spiro atoms. The molecule has 1 aromatic rings. The average Bonchev–Trinajstić information content (AvgIpc) is 2.26. The van der Waals surface area contributed by atoms with Crippen molar-refractivity contribution in [2.45, 2.75) is 0 Å². The van der Waals surface area contributed by atoms with Gasteiger partial charge in [0.2, 0.25) is 0 Å². The normalized spacial score (nSPS) is 10.9. The van der Waals surface area contributed by atoms with Crippen molar-refractivity contribution in [3.63, 3.8) is 0 Å². The Labute approximate surface area is 98.4 Å². The first kappa shape index (κ1) is 13.3. The lowest BCUT2D eigenvalue weighted by Gasteiger charge is -2.08. The van der Waals surface area contributed by atoms with Gasteiger partial charge in [0.05, 0.1) is 12.8 Å². The Hall–Kier alpha value is -1.80. The van der Waals surface area contributed by atoms with Crippen LogP contribution in [0.25, 0.3) is 0 Å². The fourth-order valence-electron chi connectivity index (χ4n) is 1.02. The summed E-state index contributed by atoms with van der Waals surface area (Å²) in [6, 6.07) is 4.05. The molecule has 7 nitrogen and oxygen atoms in total. The molecule has 0 bridgehead atoms. The summed E-state index contributed by atoms with van der Waals surface area (Å²) in [5.41, 5.74) is 5.77. The molecule has 2 N–H and O–H groups in total. The van der Waals surface area contributed by atoms with Gasteiger partial charge in [-0.15, -0.1) is 0 Å². The molecule has 1 rings (SSSR count). The molecule has 0 amide bonds. The van der Waals surface area contributed by atoms with Gasteiger partial charge < -0.3 is 19.4 Å². The van der Waals surface area contributed by atoms with E-state index in [0.29, 0.717) is 12.0 Å². The highest BCUT2D eigenvalue weighted by Gasteiger charge is 2.14. The predicted octanol–water partition coefficient (Wildman–Crippen LogP) is 0.117. The summed E-state index contributed by atoms with van der Waals surface area (Å²) >= 11 is 0. The van der Waals surface area contributed by atoms with Crippen LogP contribution in [0.5, 0.6) is 11.5 Å². The van der Waals surface area contributed by atoms with Gasteiger partial charge in [0.15, 0.2) is 0 Å². The van der Waals surface area contributed by atoms with Gasteiger partial charge >= 0.3 is 10.4 Å². The molecular formula is C9H11NO6S. The van der Waals surface area contributed by atoms with Gasteiger partial charge in [-0.2, -0.15) is 8.42 Å². The van der Waals surface area contributed by atoms with Gasteiger partial charge in [-0.1, -0.05) is 0 Å². The minimum atomic E-state index is -4.26. The number of rotatable bonds is 6. The van der Waals surface area contributed by atoms with Crippen molar-refractivity contribution < 1.29 is 26.3 Å². The van der Waals surface area contributed by atoms with Gasteiger partial charge in [0.25, 0.3) is 0 Å². The molecule has 17 heavy (non-hydrogen) atoms. The van der Waals surface area contributed by atoms with Crippen molar-refractivity contribution in [3.05, 3.63) is 18.2 Å². The Bertz CT molecular complexity index is 498. The number of nitrogen functional groups attached to an aromatic ring is 1. The Morgan fingerprint density at radius 2 is 2.12 bits per heavy atom. The predicted molar refractivity (Wildman–Crippen MR) is 59.0 cm³/mol. The summed E-state index contributed by atoms with van der Waals surface area (Å²) in [6.07, 6.45) is 0.295. The maximum Gasteiger partial charge on any atom is 0.449 e. The highest BCUT2D eigenvalue weighted by Crippen LogP contribution is 2.26. The van der Waals surface area contributed by atoms with Crippen molar-refractivity contribution in [3.8, 4) is 11.5 Å². The van der Waals surface area contributed by atoms with E-state index in [9.17, 15) is 13.2 Å². The van der Waals surface area contributed by atoms with E-state index in [2.05, 4.69) is 8.37 Å². The third-order valence-corrected chi connectivity index (χ3v) is 2.50. The number of carbonyl (C=O) groups excluding carboxylic acids is 1. The number of hydrogen-bond donors (Lipinski definition) is 1.